The van der Waals surface area contributed by atoms with E-state index in [1.807, 2.05) is 0 Å². The highest BCUT2D eigenvalue weighted by molar-refractivity contribution is 7.89. The van der Waals surface area contributed by atoms with E-state index in [-0.39, 0.29) is 23.0 Å². The van der Waals surface area contributed by atoms with E-state index in [9.17, 15) is 13.2 Å². The van der Waals surface area contributed by atoms with E-state index in [0.717, 1.165) is 6.33 Å². The van der Waals surface area contributed by atoms with E-state index in [4.69, 9.17) is 15.6 Å². The van der Waals surface area contributed by atoms with Gasteiger partial charge >= 0.3 is 6.01 Å². The van der Waals surface area contributed by atoms with Crippen LogP contribution in [0.4, 0.5) is 0 Å². The van der Waals surface area contributed by atoms with Gasteiger partial charge in [-0.05, 0) is 6.07 Å². The molecule has 0 radical (unpaired) electrons. The van der Waals surface area contributed by atoms with Crippen LogP contribution < -0.4 is 15.6 Å². The fourth-order valence-electron chi connectivity index (χ4n) is 1.72. The van der Waals surface area contributed by atoms with Gasteiger partial charge in [0.2, 0.25) is 10.0 Å². The van der Waals surface area contributed by atoms with Gasteiger partial charge in [0.25, 0.3) is 5.91 Å². The number of benzene rings is 1. The molecule has 10 heteroatoms. The molecule has 2 rings (SSSR count). The molecular formula is C11H11N5O4S. The Morgan fingerprint density at radius 2 is 2.00 bits per heavy atom. The van der Waals surface area contributed by atoms with Gasteiger partial charge in [0.15, 0.2) is 5.82 Å². The summed E-state index contributed by atoms with van der Waals surface area (Å²) in [7, 11) is -2.77. The smallest absolute Gasteiger partial charge is 0.319 e. The minimum atomic E-state index is -4.13. The van der Waals surface area contributed by atoms with E-state index in [1.165, 1.54) is 25.3 Å². The Balaban J connectivity index is 2.77. The number of amides is 1. The van der Waals surface area contributed by atoms with Crippen LogP contribution in [0, 0.1) is 0 Å². The van der Waals surface area contributed by atoms with Gasteiger partial charge in [-0.3, -0.25) is 4.79 Å². The predicted molar refractivity (Wildman–Crippen MR) is 71.7 cm³/mol. The van der Waals surface area contributed by atoms with Gasteiger partial charge < -0.3 is 10.5 Å². The fourth-order valence-corrected chi connectivity index (χ4v) is 2.48. The fraction of sp³-hybridized carbons (Fsp3) is 0.0909. The van der Waals surface area contributed by atoms with E-state index >= 15 is 0 Å². The van der Waals surface area contributed by atoms with Crippen molar-refractivity contribution in [3.05, 3.63) is 30.1 Å². The minimum Gasteiger partial charge on any atom is -0.467 e. The molecule has 0 saturated heterocycles. The molecule has 2 aromatic rings. The second-order valence-electron chi connectivity index (χ2n) is 3.88. The molecule has 0 bridgehead atoms. The maximum absolute atomic E-state index is 11.6. The van der Waals surface area contributed by atoms with Gasteiger partial charge in [0, 0.05) is 5.56 Å². The number of aromatic nitrogens is 3. The number of nitrogens with zero attached hydrogens (tertiary/aromatic N) is 3. The summed E-state index contributed by atoms with van der Waals surface area (Å²) >= 11 is 0. The van der Waals surface area contributed by atoms with Gasteiger partial charge in [-0.1, -0.05) is 12.1 Å². The number of nitrogens with two attached hydrogens (primary N) is 2. The lowest BCUT2D eigenvalue weighted by Crippen LogP contribution is -2.21. The van der Waals surface area contributed by atoms with Crippen molar-refractivity contribution in [2.24, 2.45) is 10.9 Å². The highest BCUT2D eigenvalue weighted by atomic mass is 32.2. The van der Waals surface area contributed by atoms with Crippen LogP contribution in [0.3, 0.4) is 0 Å². The van der Waals surface area contributed by atoms with Gasteiger partial charge in [-0.15, -0.1) is 0 Å². The molecule has 0 aliphatic rings. The molecule has 21 heavy (non-hydrogen) atoms. The minimum absolute atomic E-state index is 0.0106. The Hall–Kier alpha value is -2.59. The first kappa shape index (κ1) is 14.8. The monoisotopic (exact) mass is 309 g/mol. The SMILES string of the molecule is COc1ncnc(-c2cccc(S(N)(=O)=O)c2C(N)=O)n1. The van der Waals surface area contributed by atoms with Crippen LogP contribution in [-0.2, 0) is 10.0 Å². The van der Waals surface area contributed by atoms with Crippen molar-refractivity contribution in [2.75, 3.05) is 7.11 Å². The van der Waals surface area contributed by atoms with Gasteiger partial charge in [-0.2, -0.15) is 9.97 Å². The Morgan fingerprint density at radius 3 is 2.57 bits per heavy atom. The number of primary sulfonamides is 1. The predicted octanol–water partition coefficient (Wildman–Crippen LogP) is -0.707. The zero-order chi connectivity index (χ0) is 15.6. The summed E-state index contributed by atoms with van der Waals surface area (Å²) in [6, 6.07) is 4.04. The molecule has 0 saturated carbocycles. The maximum Gasteiger partial charge on any atom is 0.319 e. The average molecular weight is 309 g/mol. The first-order valence-electron chi connectivity index (χ1n) is 5.53. The summed E-state index contributed by atoms with van der Waals surface area (Å²) in [5.41, 5.74) is 5.09. The molecule has 0 unspecified atom stereocenters. The zero-order valence-corrected chi connectivity index (χ0v) is 11.7. The number of carbonyl (C=O) groups excluding carboxylic acids is 1. The molecule has 0 fully saturated rings. The zero-order valence-electron chi connectivity index (χ0n) is 10.8. The lowest BCUT2D eigenvalue weighted by atomic mass is 10.1. The van der Waals surface area contributed by atoms with Crippen LogP contribution in [0.25, 0.3) is 11.4 Å². The Bertz CT molecular complexity index is 806. The van der Waals surface area contributed by atoms with Gasteiger partial charge in [0.1, 0.15) is 6.33 Å². The first-order chi connectivity index (χ1) is 9.84. The van der Waals surface area contributed by atoms with Crippen LogP contribution in [0.2, 0.25) is 0 Å². The number of rotatable bonds is 4. The van der Waals surface area contributed by atoms with Crippen molar-refractivity contribution in [3.8, 4) is 17.4 Å². The van der Waals surface area contributed by atoms with Crippen molar-refractivity contribution in [1.29, 1.82) is 0 Å². The van der Waals surface area contributed by atoms with Crippen LogP contribution in [-0.4, -0.2) is 36.4 Å². The number of methoxy groups -OCH3 is 1. The van der Waals surface area contributed by atoms with Crippen molar-refractivity contribution in [2.45, 2.75) is 4.90 Å². The third-order valence-electron chi connectivity index (χ3n) is 2.55. The van der Waals surface area contributed by atoms with E-state index in [2.05, 4.69) is 15.0 Å². The number of hydrogen-bond donors (Lipinski definition) is 2. The van der Waals surface area contributed by atoms with Crippen molar-refractivity contribution >= 4 is 15.9 Å². The number of ether oxygens (including phenoxy) is 1. The number of carbonyl (C=O) groups is 1. The van der Waals surface area contributed by atoms with Crippen molar-refractivity contribution in [1.82, 2.24) is 15.0 Å². The second-order valence-corrected chi connectivity index (χ2v) is 5.41. The van der Waals surface area contributed by atoms with Gasteiger partial charge in [-0.25, -0.2) is 18.5 Å². The third kappa shape index (κ3) is 2.95. The molecule has 1 aromatic heterocycles. The Morgan fingerprint density at radius 1 is 1.29 bits per heavy atom. The summed E-state index contributed by atoms with van der Waals surface area (Å²) in [5.74, 6) is -0.921. The molecule has 0 aliphatic carbocycles. The summed E-state index contributed by atoms with van der Waals surface area (Å²) in [6.45, 7) is 0. The maximum atomic E-state index is 11.6. The molecule has 110 valence electrons. The van der Waals surface area contributed by atoms with Crippen LogP contribution in [0.1, 0.15) is 10.4 Å². The van der Waals surface area contributed by atoms with E-state index in [1.54, 1.807) is 0 Å². The normalized spacial score (nSPS) is 11.1. The van der Waals surface area contributed by atoms with Gasteiger partial charge in [0.05, 0.1) is 17.6 Å². The highest BCUT2D eigenvalue weighted by Gasteiger charge is 2.23. The highest BCUT2D eigenvalue weighted by Crippen LogP contribution is 2.26. The second kappa shape index (κ2) is 5.42. The molecule has 1 amide bonds. The number of primary amides is 1. The first-order valence-corrected chi connectivity index (χ1v) is 7.08. The number of sulfonamides is 1. The lowest BCUT2D eigenvalue weighted by Gasteiger charge is -2.10. The van der Waals surface area contributed by atoms with E-state index in [0.29, 0.717) is 0 Å². The molecular weight excluding hydrogens is 298 g/mol. The summed E-state index contributed by atoms with van der Waals surface area (Å²) in [4.78, 5) is 22.8. The summed E-state index contributed by atoms with van der Waals surface area (Å²) in [6.07, 6.45) is 1.16. The molecule has 4 N–H and O–H groups in total. The molecule has 0 aliphatic heterocycles. The molecule has 9 nitrogen and oxygen atoms in total. The summed E-state index contributed by atoms with van der Waals surface area (Å²) in [5, 5.41) is 5.09. The standard InChI is InChI=1S/C11H11N5O4S/c1-20-11-15-5-14-10(16-11)6-3-2-4-7(21(13,18)19)8(6)9(12)17/h2-5H,1H3,(H2,12,17)(H2,13,18,19). The summed E-state index contributed by atoms with van der Waals surface area (Å²) < 4.78 is 28.0. The van der Waals surface area contributed by atoms with Crippen LogP contribution in [0.5, 0.6) is 6.01 Å². The molecule has 0 spiro atoms. The number of hydrogen-bond acceptors (Lipinski definition) is 7. The average Bonchev–Trinajstić information content (AvgIpc) is 2.45. The Labute approximate surface area is 120 Å². The topological polar surface area (TPSA) is 151 Å². The quantitative estimate of drug-likeness (QED) is 0.757. The largest absolute Gasteiger partial charge is 0.467 e. The molecule has 1 aromatic carbocycles. The third-order valence-corrected chi connectivity index (χ3v) is 3.51. The molecule has 1 heterocycles. The van der Waals surface area contributed by atoms with Crippen LogP contribution >= 0.6 is 0 Å². The lowest BCUT2D eigenvalue weighted by molar-refractivity contribution is 0.0997. The Kier molecular flexibility index (Phi) is 3.82. The van der Waals surface area contributed by atoms with Crippen molar-refractivity contribution < 1.29 is 17.9 Å². The molecule has 0 atom stereocenters. The van der Waals surface area contributed by atoms with Crippen LogP contribution in [0.15, 0.2) is 29.4 Å². The van der Waals surface area contributed by atoms with E-state index < -0.39 is 20.8 Å². The van der Waals surface area contributed by atoms with Crippen molar-refractivity contribution in [3.63, 3.8) is 0 Å².